The summed E-state index contributed by atoms with van der Waals surface area (Å²) in [6, 6.07) is 70.2. The molecule has 0 N–H and O–H groups in total. The second kappa shape index (κ2) is 12.2. The Morgan fingerprint density at radius 1 is 0.393 bits per heavy atom. The Morgan fingerprint density at radius 3 is 1.98 bits per heavy atom. The number of furan rings is 1. The molecule has 3 aromatic heterocycles. The van der Waals surface area contributed by atoms with E-state index in [-0.39, 0.29) is 0 Å². The molecule has 3 heterocycles. The number of anilines is 3. The first kappa shape index (κ1) is 31.2. The SMILES string of the molecule is c1ccc(N(c2cccc(-c3ccc4c(c3)c3cc5c(ccc6c7ccccc7sc56)cc3n4-c3ccccc3)c2)c2ccc3c(c2)oc2ccccc23)cc1. The minimum atomic E-state index is 0.876. The first-order valence-corrected chi connectivity index (χ1v) is 19.8. The molecular formula is C52H32N2OS. The molecule has 262 valence electrons. The largest absolute Gasteiger partial charge is 0.456 e. The van der Waals surface area contributed by atoms with Crippen LogP contribution < -0.4 is 4.90 Å². The monoisotopic (exact) mass is 732 g/mol. The fourth-order valence-electron chi connectivity index (χ4n) is 8.76. The van der Waals surface area contributed by atoms with Gasteiger partial charge in [0.05, 0.1) is 11.0 Å². The van der Waals surface area contributed by atoms with E-state index in [9.17, 15) is 0 Å². The van der Waals surface area contributed by atoms with Gasteiger partial charge in [0.2, 0.25) is 0 Å². The van der Waals surface area contributed by atoms with E-state index in [0.29, 0.717) is 0 Å². The molecule has 0 saturated carbocycles. The van der Waals surface area contributed by atoms with Gasteiger partial charge in [0.25, 0.3) is 0 Å². The fraction of sp³-hybridized carbons (Fsp3) is 0. The highest BCUT2D eigenvalue weighted by Gasteiger charge is 2.19. The van der Waals surface area contributed by atoms with Crippen LogP contribution in [0.3, 0.4) is 0 Å². The average molecular weight is 733 g/mol. The third-order valence-corrected chi connectivity index (χ3v) is 12.6. The van der Waals surface area contributed by atoms with Crippen LogP contribution in [0.5, 0.6) is 0 Å². The topological polar surface area (TPSA) is 21.3 Å². The van der Waals surface area contributed by atoms with Gasteiger partial charge in [-0.25, -0.2) is 0 Å². The zero-order chi connectivity index (χ0) is 36.7. The molecule has 4 heteroatoms. The van der Waals surface area contributed by atoms with Crippen LogP contribution in [0.15, 0.2) is 199 Å². The molecule has 0 atom stereocenters. The summed E-state index contributed by atoms with van der Waals surface area (Å²) < 4.78 is 11.4. The summed E-state index contributed by atoms with van der Waals surface area (Å²) in [6.45, 7) is 0. The Balaban J connectivity index is 1.05. The molecule has 0 bridgehead atoms. The number of hydrogen-bond acceptors (Lipinski definition) is 3. The molecule has 0 radical (unpaired) electrons. The summed E-state index contributed by atoms with van der Waals surface area (Å²) in [7, 11) is 0. The molecule has 0 fully saturated rings. The molecule has 0 aliphatic carbocycles. The summed E-state index contributed by atoms with van der Waals surface area (Å²) in [6.07, 6.45) is 0. The zero-order valence-corrected chi connectivity index (χ0v) is 31.0. The molecule has 56 heavy (non-hydrogen) atoms. The van der Waals surface area contributed by atoms with Crippen molar-refractivity contribution in [3.05, 3.63) is 194 Å². The molecule has 0 aliphatic rings. The lowest BCUT2D eigenvalue weighted by molar-refractivity contribution is 0.669. The van der Waals surface area contributed by atoms with Crippen molar-refractivity contribution in [3.8, 4) is 16.8 Å². The smallest absolute Gasteiger partial charge is 0.137 e. The summed E-state index contributed by atoms with van der Waals surface area (Å²) in [4.78, 5) is 2.32. The van der Waals surface area contributed by atoms with Crippen molar-refractivity contribution in [1.82, 2.24) is 4.57 Å². The molecular weight excluding hydrogens is 701 g/mol. The highest BCUT2D eigenvalue weighted by atomic mass is 32.1. The van der Waals surface area contributed by atoms with Gasteiger partial charge in [0.15, 0.2) is 0 Å². The number of fused-ring (bicyclic) bond motifs is 11. The first-order valence-electron chi connectivity index (χ1n) is 19.0. The third-order valence-electron chi connectivity index (χ3n) is 11.3. The predicted octanol–water partition coefficient (Wildman–Crippen LogP) is 15.3. The Bertz CT molecular complexity index is 3480. The molecule has 12 rings (SSSR count). The summed E-state index contributed by atoms with van der Waals surface area (Å²) in [5, 5.41) is 9.95. The number of thiophene rings is 1. The normalized spacial score (nSPS) is 11.9. The second-order valence-corrected chi connectivity index (χ2v) is 15.6. The number of aromatic nitrogens is 1. The minimum Gasteiger partial charge on any atom is -0.456 e. The summed E-state index contributed by atoms with van der Waals surface area (Å²) in [5.41, 5.74) is 10.9. The Labute approximate surface area is 326 Å². The highest BCUT2D eigenvalue weighted by molar-refractivity contribution is 7.26. The number of hydrogen-bond donors (Lipinski definition) is 0. The van der Waals surface area contributed by atoms with Crippen molar-refractivity contribution in [2.24, 2.45) is 0 Å². The zero-order valence-electron chi connectivity index (χ0n) is 30.2. The van der Waals surface area contributed by atoms with E-state index in [1.165, 1.54) is 58.3 Å². The maximum Gasteiger partial charge on any atom is 0.137 e. The van der Waals surface area contributed by atoms with Crippen molar-refractivity contribution in [2.75, 3.05) is 4.90 Å². The lowest BCUT2D eigenvalue weighted by Gasteiger charge is -2.26. The number of para-hydroxylation sites is 3. The lowest BCUT2D eigenvalue weighted by atomic mass is 10.00. The molecule has 3 nitrogen and oxygen atoms in total. The molecule has 12 aromatic rings. The fourth-order valence-corrected chi connectivity index (χ4v) is 9.99. The first-order chi connectivity index (χ1) is 27.7. The maximum absolute atomic E-state index is 6.36. The molecule has 0 amide bonds. The van der Waals surface area contributed by atoms with Gasteiger partial charge in [-0.1, -0.05) is 103 Å². The molecule has 0 spiro atoms. The molecule has 0 saturated heterocycles. The molecule has 0 aliphatic heterocycles. The van der Waals surface area contributed by atoms with Crippen molar-refractivity contribution in [3.63, 3.8) is 0 Å². The van der Waals surface area contributed by atoms with Crippen molar-refractivity contribution in [1.29, 1.82) is 0 Å². The Hall–Kier alpha value is -7.14. The van der Waals surface area contributed by atoms with E-state index in [1.807, 2.05) is 23.5 Å². The van der Waals surface area contributed by atoms with Crippen LogP contribution in [0.4, 0.5) is 17.1 Å². The highest BCUT2D eigenvalue weighted by Crippen LogP contribution is 2.44. The Morgan fingerprint density at radius 2 is 1.09 bits per heavy atom. The van der Waals surface area contributed by atoms with Crippen molar-refractivity contribution < 1.29 is 4.42 Å². The van der Waals surface area contributed by atoms with Crippen LogP contribution in [-0.4, -0.2) is 4.57 Å². The minimum absolute atomic E-state index is 0.876. The van der Waals surface area contributed by atoms with Gasteiger partial charge in [0, 0.05) is 75.9 Å². The van der Waals surface area contributed by atoms with Crippen molar-refractivity contribution in [2.45, 2.75) is 0 Å². The number of nitrogens with zero attached hydrogens (tertiary/aromatic N) is 2. The van der Waals surface area contributed by atoms with Gasteiger partial charge >= 0.3 is 0 Å². The van der Waals surface area contributed by atoms with Crippen molar-refractivity contribution >= 4 is 103 Å². The molecule has 0 unspecified atom stereocenters. The molecule has 9 aromatic carbocycles. The second-order valence-electron chi connectivity index (χ2n) is 14.5. The number of rotatable bonds is 5. The van der Waals surface area contributed by atoms with Crippen LogP contribution >= 0.6 is 11.3 Å². The van der Waals surface area contributed by atoms with Crippen LogP contribution in [0.2, 0.25) is 0 Å². The van der Waals surface area contributed by atoms with Crippen LogP contribution in [0, 0.1) is 0 Å². The van der Waals surface area contributed by atoms with E-state index in [2.05, 4.69) is 191 Å². The van der Waals surface area contributed by atoms with E-state index in [4.69, 9.17) is 4.42 Å². The predicted molar refractivity (Wildman–Crippen MR) is 239 cm³/mol. The summed E-state index contributed by atoms with van der Waals surface area (Å²) >= 11 is 1.89. The van der Waals surface area contributed by atoms with Crippen LogP contribution in [-0.2, 0) is 0 Å². The van der Waals surface area contributed by atoms with Gasteiger partial charge < -0.3 is 13.9 Å². The van der Waals surface area contributed by atoms with E-state index in [0.717, 1.165) is 50.3 Å². The number of benzene rings is 9. The third kappa shape index (κ3) is 4.76. The van der Waals surface area contributed by atoms with Gasteiger partial charge in [-0.2, -0.15) is 0 Å². The lowest BCUT2D eigenvalue weighted by Crippen LogP contribution is -2.09. The Kier molecular flexibility index (Phi) is 6.80. The van der Waals surface area contributed by atoms with Crippen LogP contribution in [0.1, 0.15) is 0 Å². The van der Waals surface area contributed by atoms with Crippen LogP contribution in [0.25, 0.3) is 91.5 Å². The van der Waals surface area contributed by atoms with E-state index >= 15 is 0 Å². The standard InChI is InChI=1S/C52H32N2OS/c1-3-13-36(14-4-1)53(39-24-26-41-40-18-7-9-20-49(40)55-50(41)31-39)38-17-11-12-33(28-38)34-23-27-47-45(29-34)46-32-44-35(30-48(46)54(47)37-15-5-2-6-16-37)22-25-43-42-19-8-10-21-51(42)56-52(43)44/h1-32H. The van der Waals surface area contributed by atoms with E-state index in [1.54, 1.807) is 0 Å². The quantitative estimate of drug-likeness (QED) is 0.176. The maximum atomic E-state index is 6.36. The summed E-state index contributed by atoms with van der Waals surface area (Å²) in [5.74, 6) is 0. The van der Waals surface area contributed by atoms with Gasteiger partial charge in [-0.3, -0.25) is 0 Å². The van der Waals surface area contributed by atoms with E-state index < -0.39 is 0 Å². The van der Waals surface area contributed by atoms with Gasteiger partial charge in [-0.15, -0.1) is 11.3 Å². The average Bonchev–Trinajstić information content (AvgIpc) is 3.93. The van der Waals surface area contributed by atoms with Gasteiger partial charge in [0.1, 0.15) is 11.2 Å². The van der Waals surface area contributed by atoms with Gasteiger partial charge in [-0.05, 0) is 101 Å².